The number of hydrogen-bond acceptors (Lipinski definition) is 6. The van der Waals surface area contributed by atoms with Crippen molar-refractivity contribution in [3.05, 3.63) is 24.8 Å². The Kier molecular flexibility index (Phi) is 6.19. The van der Waals surface area contributed by atoms with Crippen LogP contribution >= 0.6 is 0 Å². The molecular formula is C10H18N4O4S. The fraction of sp³-hybridized carbons (Fsp3) is 0.400. The SMILES string of the molecule is C[N+]1(C)C=CN=C1.C[N+]1(C)C=CN=C1.O=S(=O)([O-])[O-]. The average molecular weight is 290 g/mol. The summed E-state index contributed by atoms with van der Waals surface area (Å²) in [4.78, 5) is 7.81. The molecule has 0 bridgehead atoms. The second-order valence-corrected chi connectivity index (χ2v) is 5.61. The van der Waals surface area contributed by atoms with Crippen molar-refractivity contribution in [2.24, 2.45) is 9.98 Å². The maximum Gasteiger partial charge on any atom is 0.194 e. The molecule has 0 saturated carbocycles. The zero-order chi connectivity index (χ0) is 15.2. The van der Waals surface area contributed by atoms with Gasteiger partial charge in [0.2, 0.25) is 0 Å². The summed E-state index contributed by atoms with van der Waals surface area (Å²) >= 11 is 0. The first-order valence-electron chi connectivity index (χ1n) is 5.19. The lowest BCUT2D eigenvalue weighted by Gasteiger charge is -2.12. The van der Waals surface area contributed by atoms with E-state index < -0.39 is 10.4 Å². The largest absolute Gasteiger partial charge is 0.759 e. The van der Waals surface area contributed by atoms with Crippen LogP contribution in [0.1, 0.15) is 0 Å². The highest BCUT2D eigenvalue weighted by molar-refractivity contribution is 7.79. The normalized spacial score (nSPS) is 20.5. The molecule has 0 saturated heterocycles. The fourth-order valence-electron chi connectivity index (χ4n) is 0.918. The summed E-state index contributed by atoms with van der Waals surface area (Å²) in [5.41, 5.74) is 0. The van der Waals surface area contributed by atoms with Crippen LogP contribution in [0.3, 0.4) is 0 Å². The second kappa shape index (κ2) is 6.68. The van der Waals surface area contributed by atoms with E-state index >= 15 is 0 Å². The molecule has 2 aliphatic rings. The van der Waals surface area contributed by atoms with Gasteiger partial charge < -0.3 is 9.11 Å². The van der Waals surface area contributed by atoms with Crippen molar-refractivity contribution in [3.8, 4) is 0 Å². The van der Waals surface area contributed by atoms with Crippen LogP contribution < -0.4 is 0 Å². The van der Waals surface area contributed by atoms with Gasteiger partial charge in [0.25, 0.3) is 0 Å². The van der Waals surface area contributed by atoms with Crippen molar-refractivity contribution in [1.82, 2.24) is 0 Å². The number of hydrogen-bond donors (Lipinski definition) is 0. The smallest absolute Gasteiger partial charge is 0.194 e. The van der Waals surface area contributed by atoms with Crippen molar-refractivity contribution in [3.63, 3.8) is 0 Å². The molecule has 0 fully saturated rings. The minimum atomic E-state index is -5.17. The van der Waals surface area contributed by atoms with E-state index in [-0.39, 0.29) is 0 Å². The van der Waals surface area contributed by atoms with Crippen LogP contribution in [0.15, 0.2) is 34.8 Å². The molecule has 0 radical (unpaired) electrons. The minimum absolute atomic E-state index is 0.778. The predicted molar refractivity (Wildman–Crippen MR) is 70.0 cm³/mol. The van der Waals surface area contributed by atoms with Crippen molar-refractivity contribution in [2.45, 2.75) is 0 Å². The summed E-state index contributed by atoms with van der Waals surface area (Å²) < 4.78 is 35.6. The third-order valence-electron chi connectivity index (χ3n) is 1.80. The van der Waals surface area contributed by atoms with Crippen LogP contribution in [0.5, 0.6) is 0 Å². The van der Waals surface area contributed by atoms with Crippen molar-refractivity contribution in [2.75, 3.05) is 28.2 Å². The molecule has 0 atom stereocenters. The molecule has 0 aromatic carbocycles. The number of nitrogens with zero attached hydrogens (tertiary/aromatic N) is 4. The first-order valence-corrected chi connectivity index (χ1v) is 6.52. The number of aliphatic imine (C=N–C) groups is 2. The number of rotatable bonds is 0. The summed E-state index contributed by atoms with van der Waals surface area (Å²) in [5.74, 6) is 0. The molecule has 19 heavy (non-hydrogen) atoms. The van der Waals surface area contributed by atoms with Gasteiger partial charge >= 0.3 is 0 Å². The third-order valence-corrected chi connectivity index (χ3v) is 1.80. The molecule has 0 aromatic rings. The van der Waals surface area contributed by atoms with Gasteiger partial charge in [-0.15, -0.1) is 0 Å². The van der Waals surface area contributed by atoms with E-state index in [0.29, 0.717) is 0 Å². The maximum absolute atomic E-state index is 8.52. The Morgan fingerprint density at radius 3 is 1.16 bits per heavy atom. The summed E-state index contributed by atoms with van der Waals surface area (Å²) in [5, 5.41) is 0. The van der Waals surface area contributed by atoms with Crippen LogP contribution in [-0.4, -0.2) is 67.4 Å². The molecule has 0 amide bonds. The van der Waals surface area contributed by atoms with Gasteiger partial charge in [0.1, 0.15) is 12.4 Å². The van der Waals surface area contributed by atoms with Crippen LogP contribution in [0, 0.1) is 0 Å². The average Bonchev–Trinajstić information content (AvgIpc) is 2.72. The molecule has 108 valence electrons. The van der Waals surface area contributed by atoms with E-state index in [0.717, 1.165) is 8.97 Å². The molecule has 0 aliphatic carbocycles. The van der Waals surface area contributed by atoms with Gasteiger partial charge in [-0.2, -0.15) is 0 Å². The lowest BCUT2D eigenvalue weighted by Crippen LogP contribution is -2.28. The van der Waals surface area contributed by atoms with Crippen LogP contribution in [-0.2, 0) is 10.4 Å². The van der Waals surface area contributed by atoms with Gasteiger partial charge in [0.15, 0.2) is 12.7 Å². The summed E-state index contributed by atoms with van der Waals surface area (Å²) in [6, 6.07) is 0. The lowest BCUT2D eigenvalue weighted by molar-refractivity contribution is -0.732. The van der Waals surface area contributed by atoms with E-state index in [2.05, 4.69) is 38.2 Å². The Labute approximate surface area is 113 Å². The highest BCUT2D eigenvalue weighted by Crippen LogP contribution is 2.00. The summed E-state index contributed by atoms with van der Waals surface area (Å²) in [6.07, 6.45) is 11.4. The Morgan fingerprint density at radius 2 is 1.11 bits per heavy atom. The highest BCUT2D eigenvalue weighted by Gasteiger charge is 2.09. The quantitative estimate of drug-likeness (QED) is 0.350. The molecule has 9 heteroatoms. The fourth-order valence-corrected chi connectivity index (χ4v) is 0.918. The summed E-state index contributed by atoms with van der Waals surface area (Å²) in [6.45, 7) is 0. The van der Waals surface area contributed by atoms with Crippen molar-refractivity contribution < 1.29 is 26.5 Å². The van der Waals surface area contributed by atoms with Gasteiger partial charge in [-0.05, 0) is 0 Å². The standard InChI is InChI=1S/2C5H9N2.H2O4S/c2*1-7(2)4-3-6-5-7;1-5(2,3)4/h2*3-5H,1-2H3;(H2,1,2,3,4)/q2*+1;/p-2. The van der Waals surface area contributed by atoms with Crippen molar-refractivity contribution in [1.29, 1.82) is 0 Å². The predicted octanol–water partition coefficient (Wildman–Crippen LogP) is -0.186. The Morgan fingerprint density at radius 1 is 0.842 bits per heavy atom. The molecule has 0 N–H and O–H groups in total. The van der Waals surface area contributed by atoms with Gasteiger partial charge in [-0.25, -0.2) is 9.98 Å². The van der Waals surface area contributed by atoms with Gasteiger partial charge in [-0.3, -0.25) is 17.4 Å². The van der Waals surface area contributed by atoms with Crippen LogP contribution in [0.2, 0.25) is 0 Å². The van der Waals surface area contributed by atoms with Gasteiger partial charge in [-0.1, -0.05) is 0 Å². The molecular weight excluding hydrogens is 272 g/mol. The van der Waals surface area contributed by atoms with E-state index in [4.69, 9.17) is 17.5 Å². The molecule has 0 spiro atoms. The maximum atomic E-state index is 8.52. The minimum Gasteiger partial charge on any atom is -0.759 e. The number of quaternary nitrogens is 2. The van der Waals surface area contributed by atoms with E-state index in [9.17, 15) is 0 Å². The summed E-state index contributed by atoms with van der Waals surface area (Å²) in [7, 11) is 3.08. The van der Waals surface area contributed by atoms with Gasteiger partial charge in [0, 0.05) is 10.4 Å². The monoisotopic (exact) mass is 290 g/mol. The van der Waals surface area contributed by atoms with E-state index in [1.807, 2.05) is 25.1 Å². The second-order valence-electron chi connectivity index (χ2n) is 4.79. The molecule has 2 aliphatic heterocycles. The van der Waals surface area contributed by atoms with Crippen LogP contribution in [0.4, 0.5) is 0 Å². The molecule has 0 unspecified atom stereocenters. The zero-order valence-corrected chi connectivity index (χ0v) is 12.1. The highest BCUT2D eigenvalue weighted by atomic mass is 32.3. The third kappa shape index (κ3) is 12.9. The zero-order valence-electron chi connectivity index (χ0n) is 11.3. The van der Waals surface area contributed by atoms with Crippen LogP contribution in [0.25, 0.3) is 0 Å². The van der Waals surface area contributed by atoms with Gasteiger partial charge in [0.05, 0.1) is 40.6 Å². The van der Waals surface area contributed by atoms with E-state index in [1.165, 1.54) is 0 Å². The lowest BCUT2D eigenvalue weighted by atomic mass is 10.7. The molecule has 0 aromatic heterocycles. The Balaban J connectivity index is 0.000000261. The Hall–Kier alpha value is -1.39. The first-order chi connectivity index (χ1) is 8.41. The van der Waals surface area contributed by atoms with Crippen molar-refractivity contribution >= 4 is 23.1 Å². The molecule has 8 nitrogen and oxygen atoms in total. The topological polar surface area (TPSA) is 105 Å². The van der Waals surface area contributed by atoms with E-state index in [1.54, 1.807) is 12.4 Å². The first kappa shape index (κ1) is 17.6. The Bertz CT molecular complexity index is 436. The molecule has 2 heterocycles. The molecule has 2 rings (SSSR count).